The van der Waals surface area contributed by atoms with Crippen molar-refractivity contribution in [1.82, 2.24) is 0 Å². The minimum atomic E-state index is 2.00. The van der Waals surface area contributed by atoms with Crippen LogP contribution in [0.2, 0.25) is 0 Å². The van der Waals surface area contributed by atoms with Crippen molar-refractivity contribution in [3.05, 3.63) is 583 Å². The van der Waals surface area contributed by atoms with Crippen molar-refractivity contribution in [2.24, 2.45) is 0 Å². The summed E-state index contributed by atoms with van der Waals surface area (Å²) in [5.41, 5.74) is 0. The molecule has 0 heteroatoms. The summed E-state index contributed by atoms with van der Waals surface area (Å²) in [6.07, 6.45) is 192. The molecule has 0 saturated heterocycles. The van der Waals surface area contributed by atoms with E-state index in [1.54, 1.807) is 0 Å². The third-order valence-corrected chi connectivity index (χ3v) is 10.7. The summed E-state index contributed by atoms with van der Waals surface area (Å²) in [4.78, 5) is 0. The zero-order chi connectivity index (χ0) is 69.9. The monoisotopic (exact) mass is 1280 g/mol. The molecule has 0 N–H and O–H groups in total. The molecule has 0 aromatic heterocycles. The lowest BCUT2D eigenvalue weighted by molar-refractivity contribution is 1.73. The summed E-state index contributed by atoms with van der Waals surface area (Å²) in [5.74, 6) is 0. The second-order valence-corrected chi connectivity index (χ2v) is 18.8. The van der Waals surface area contributed by atoms with Crippen LogP contribution in [0, 0.1) is 0 Å². The van der Waals surface area contributed by atoms with Crippen molar-refractivity contribution in [3.63, 3.8) is 0 Å². The van der Waals surface area contributed by atoms with Crippen LogP contribution < -0.4 is 0 Å². The highest BCUT2D eigenvalue weighted by molar-refractivity contribution is 5.31. The first-order valence-electron chi connectivity index (χ1n) is 32.8. The van der Waals surface area contributed by atoms with Gasteiger partial charge in [-0.1, -0.05) is 583 Å². The summed E-state index contributed by atoms with van der Waals surface area (Å²) in [6.45, 7) is 4.00. The second-order valence-electron chi connectivity index (χ2n) is 18.8. The van der Waals surface area contributed by atoms with Crippen LogP contribution >= 0.6 is 0 Å². The summed E-state index contributed by atoms with van der Waals surface area (Å²) in [6, 6.07) is 0. The lowest BCUT2D eigenvalue weighted by Crippen LogP contribution is -1.55. The Morgan fingerprint density at radius 3 is 0.112 bits per heavy atom. The van der Waals surface area contributed by atoms with Crippen molar-refractivity contribution in [2.45, 2.75) is 13.8 Å². The topological polar surface area (TPSA) is 0 Å². The lowest BCUT2D eigenvalue weighted by Gasteiger charge is -1.77. The van der Waals surface area contributed by atoms with E-state index < -0.39 is 0 Å². The Labute approximate surface area is 593 Å². The largest absolute Gasteiger partial charge is 0.0877 e. The molecule has 0 aromatic carbocycles. The molecule has 0 bridgehead atoms. The maximum atomic E-state index is 2.00. The van der Waals surface area contributed by atoms with Crippen molar-refractivity contribution in [1.29, 1.82) is 0 Å². The molecule has 0 aliphatic rings. The normalized spacial score (nSPS) is 15.7. The molecule has 0 amide bonds. The van der Waals surface area contributed by atoms with Crippen LogP contribution in [0.25, 0.3) is 0 Å². The van der Waals surface area contributed by atoms with Gasteiger partial charge in [-0.25, -0.2) is 0 Å². The Morgan fingerprint density at radius 1 is 0.0510 bits per heavy atom. The van der Waals surface area contributed by atoms with Gasteiger partial charge in [0.25, 0.3) is 0 Å². The molecule has 0 radical (unpaired) electrons. The molecule has 98 heavy (non-hydrogen) atoms. The molecule has 0 aliphatic heterocycles. The van der Waals surface area contributed by atoms with Crippen LogP contribution in [-0.4, -0.2) is 0 Å². The lowest BCUT2D eigenvalue weighted by atomic mass is 10.3. The van der Waals surface area contributed by atoms with Crippen molar-refractivity contribution in [2.75, 3.05) is 0 Å². The minimum Gasteiger partial charge on any atom is -0.0877 e. The number of allylic oxidation sites excluding steroid dienone is 96. The highest BCUT2D eigenvalue weighted by atomic mass is 13.8. The SMILES string of the molecule is CC=CC=CC=CC=CC=CC=CC=CC=CC=CC=CC=CC=CC=CC=CC=CC=CC=CC=CC=CC=CC=CC=CC=CC=CC=CC=CC=CC=CC=CC=CC=CC=CC=CC=CC=CC=CC=CC=CC=CC=CC=CC=CC=CC=CC=CC=CC=CC=CC. The van der Waals surface area contributed by atoms with Crippen molar-refractivity contribution < 1.29 is 0 Å². The van der Waals surface area contributed by atoms with Crippen LogP contribution in [0.5, 0.6) is 0 Å². The van der Waals surface area contributed by atoms with E-state index in [1.807, 2.05) is 597 Å². The fourth-order valence-corrected chi connectivity index (χ4v) is 6.12. The van der Waals surface area contributed by atoms with Gasteiger partial charge in [0.1, 0.15) is 0 Å². The Balaban J connectivity index is 4.12. The van der Waals surface area contributed by atoms with Crippen molar-refractivity contribution in [3.8, 4) is 0 Å². The smallest absolute Gasteiger partial charge is 0.0467 e. The van der Waals surface area contributed by atoms with Crippen molar-refractivity contribution >= 4 is 0 Å². The third-order valence-electron chi connectivity index (χ3n) is 10.7. The zero-order valence-corrected chi connectivity index (χ0v) is 57.4. The van der Waals surface area contributed by atoms with Gasteiger partial charge in [0, 0.05) is 0 Å². The molecule has 0 nitrogen and oxygen atoms in total. The van der Waals surface area contributed by atoms with E-state index in [0.29, 0.717) is 0 Å². The van der Waals surface area contributed by atoms with Crippen LogP contribution in [0.15, 0.2) is 583 Å². The maximum absolute atomic E-state index is 2.00. The molecular weight excluding hydrogens is 1180 g/mol. The summed E-state index contributed by atoms with van der Waals surface area (Å²) < 4.78 is 0. The molecule has 0 aliphatic carbocycles. The van der Waals surface area contributed by atoms with Gasteiger partial charge in [-0.05, 0) is 13.8 Å². The van der Waals surface area contributed by atoms with Gasteiger partial charge < -0.3 is 0 Å². The first-order valence-corrected chi connectivity index (χ1v) is 32.8. The fraction of sp³-hybridized carbons (Fsp3) is 0.0204. The molecule has 0 rings (SSSR count). The molecule has 0 atom stereocenters. The Morgan fingerprint density at radius 2 is 0.0816 bits per heavy atom. The predicted molar refractivity (Wildman–Crippen MR) is 450 cm³/mol. The van der Waals surface area contributed by atoms with Gasteiger partial charge in [0.05, 0.1) is 0 Å². The fourth-order valence-electron chi connectivity index (χ4n) is 6.12. The first-order chi connectivity index (χ1) is 48.9. The van der Waals surface area contributed by atoms with Crippen LogP contribution in [0.4, 0.5) is 0 Å². The van der Waals surface area contributed by atoms with E-state index in [9.17, 15) is 0 Å². The molecule has 0 fully saturated rings. The molecular formula is C98H102. The van der Waals surface area contributed by atoms with Gasteiger partial charge in [-0.3, -0.25) is 0 Å². The Bertz CT molecular complexity index is 3360. The Kier molecular flexibility index (Phi) is 73.8. The van der Waals surface area contributed by atoms with Crippen LogP contribution in [-0.2, 0) is 0 Å². The third kappa shape index (κ3) is 83.5. The summed E-state index contributed by atoms with van der Waals surface area (Å²) >= 11 is 0. The average molecular weight is 1280 g/mol. The number of hydrogen-bond acceptors (Lipinski definition) is 0. The summed E-state index contributed by atoms with van der Waals surface area (Å²) in [5, 5.41) is 0. The Hall–Kier alpha value is -12.5. The molecule has 0 unspecified atom stereocenters. The second kappa shape index (κ2) is 84.5. The van der Waals surface area contributed by atoms with Gasteiger partial charge in [0.2, 0.25) is 0 Å². The number of rotatable bonds is 47. The van der Waals surface area contributed by atoms with E-state index in [-0.39, 0.29) is 0 Å². The van der Waals surface area contributed by atoms with E-state index >= 15 is 0 Å². The van der Waals surface area contributed by atoms with Crippen LogP contribution in [0.1, 0.15) is 13.8 Å². The maximum Gasteiger partial charge on any atom is -0.0467 e. The summed E-state index contributed by atoms with van der Waals surface area (Å²) in [7, 11) is 0. The zero-order valence-electron chi connectivity index (χ0n) is 57.4. The van der Waals surface area contributed by atoms with Gasteiger partial charge >= 0.3 is 0 Å². The van der Waals surface area contributed by atoms with E-state index in [2.05, 4.69) is 0 Å². The van der Waals surface area contributed by atoms with E-state index in [1.165, 1.54) is 0 Å². The van der Waals surface area contributed by atoms with Gasteiger partial charge in [-0.2, -0.15) is 0 Å². The van der Waals surface area contributed by atoms with Gasteiger partial charge in [0.15, 0.2) is 0 Å². The van der Waals surface area contributed by atoms with Gasteiger partial charge in [-0.15, -0.1) is 0 Å². The molecule has 0 heterocycles. The average Bonchev–Trinajstić information content (AvgIpc) is 3.63. The molecule has 0 aromatic rings. The first kappa shape index (κ1) is 85.5. The van der Waals surface area contributed by atoms with E-state index in [0.717, 1.165) is 0 Å². The molecule has 494 valence electrons. The molecule has 0 saturated carbocycles. The highest BCUT2D eigenvalue weighted by Gasteiger charge is 1.73. The van der Waals surface area contributed by atoms with Crippen LogP contribution in [0.3, 0.4) is 0 Å². The molecule has 0 spiro atoms. The highest BCUT2D eigenvalue weighted by Crippen LogP contribution is 1.95. The predicted octanol–water partition coefficient (Wildman–Crippen LogP) is 27.7. The standard InChI is InChI=1S/C98H102/c1-3-5-7-9-11-13-15-17-19-21-23-25-27-29-31-33-35-37-39-41-43-45-47-49-51-53-55-57-59-61-63-65-67-69-71-73-75-77-79-81-83-85-87-89-91-93-95-97-98-96-94-92-90-88-86-84-82-80-78-76-74-72-70-68-66-64-62-60-58-56-54-52-50-48-46-44-42-40-38-36-34-32-30-28-26-24-22-20-18-16-14-12-10-8-6-4-2/h3-98H,1-2H3. The van der Waals surface area contributed by atoms with E-state index in [4.69, 9.17) is 0 Å². The minimum absolute atomic E-state index is 2.00. The number of hydrogen-bond donors (Lipinski definition) is 0. The quantitative estimate of drug-likeness (QED) is 0.0533.